The summed E-state index contributed by atoms with van der Waals surface area (Å²) in [7, 11) is 0. The molecule has 0 bridgehead atoms. The van der Waals surface area contributed by atoms with Crippen molar-refractivity contribution >= 4 is 11.8 Å². The molecule has 0 aliphatic rings. The van der Waals surface area contributed by atoms with Gasteiger partial charge in [0.1, 0.15) is 11.5 Å². The number of benzene rings is 2. The Morgan fingerprint density at radius 1 is 0.852 bits per heavy atom. The third-order valence-electron chi connectivity index (χ3n) is 4.68. The van der Waals surface area contributed by atoms with Crippen LogP contribution in [-0.4, -0.2) is 35.1 Å². The van der Waals surface area contributed by atoms with Crippen LogP contribution in [0.5, 0.6) is 11.5 Å². The van der Waals surface area contributed by atoms with E-state index in [0.29, 0.717) is 25.9 Å². The van der Waals surface area contributed by atoms with E-state index in [9.17, 15) is 19.8 Å². The van der Waals surface area contributed by atoms with Crippen molar-refractivity contribution in [3.05, 3.63) is 59.7 Å². The van der Waals surface area contributed by atoms with E-state index >= 15 is 0 Å². The van der Waals surface area contributed by atoms with E-state index in [1.54, 1.807) is 24.3 Å². The van der Waals surface area contributed by atoms with Crippen molar-refractivity contribution < 1.29 is 19.8 Å². The lowest BCUT2D eigenvalue weighted by Crippen LogP contribution is -2.34. The summed E-state index contributed by atoms with van der Waals surface area (Å²) in [6.45, 7) is 4.25. The third-order valence-corrected chi connectivity index (χ3v) is 4.68. The van der Waals surface area contributed by atoms with Gasteiger partial charge in [-0.15, -0.1) is 0 Å². The van der Waals surface area contributed by atoms with Crippen LogP contribution < -0.4 is 10.6 Å². The minimum Gasteiger partial charge on any atom is -0.508 e. The molecule has 2 aromatic rings. The van der Waals surface area contributed by atoms with Crippen molar-refractivity contribution in [1.82, 2.24) is 10.6 Å². The lowest BCUT2D eigenvalue weighted by atomic mass is 9.73. The van der Waals surface area contributed by atoms with Crippen molar-refractivity contribution in [2.75, 3.05) is 13.1 Å². The Labute approximate surface area is 159 Å². The SMILES string of the molecule is CC(=O)NCCNC(=O)CCC(C)(c1ccc(O)cc1)c1ccc(O)cc1. The Hall–Kier alpha value is -3.02. The molecule has 2 amide bonds. The minimum absolute atomic E-state index is 0.0934. The highest BCUT2D eigenvalue weighted by molar-refractivity contribution is 5.76. The summed E-state index contributed by atoms with van der Waals surface area (Å²) in [5, 5.41) is 24.6. The number of rotatable bonds is 8. The second-order valence-corrected chi connectivity index (χ2v) is 6.76. The number of nitrogens with one attached hydrogen (secondary N) is 2. The lowest BCUT2D eigenvalue weighted by Gasteiger charge is -2.31. The first kappa shape index (κ1) is 20.3. The summed E-state index contributed by atoms with van der Waals surface area (Å²) < 4.78 is 0. The molecule has 27 heavy (non-hydrogen) atoms. The summed E-state index contributed by atoms with van der Waals surface area (Å²) in [4.78, 5) is 23.0. The number of hydrogen-bond acceptors (Lipinski definition) is 4. The van der Waals surface area contributed by atoms with Gasteiger partial charge in [0.25, 0.3) is 0 Å². The molecule has 0 atom stereocenters. The number of phenolic OH excluding ortho intramolecular Hbond substituents is 2. The first-order valence-electron chi connectivity index (χ1n) is 8.91. The maximum Gasteiger partial charge on any atom is 0.220 e. The summed E-state index contributed by atoms with van der Waals surface area (Å²) in [5.74, 6) is 0.144. The molecule has 4 N–H and O–H groups in total. The zero-order valence-corrected chi connectivity index (χ0v) is 15.7. The fourth-order valence-corrected chi connectivity index (χ4v) is 3.01. The normalized spacial score (nSPS) is 11.0. The molecule has 0 saturated heterocycles. The van der Waals surface area contributed by atoms with Crippen molar-refractivity contribution in [2.45, 2.75) is 32.1 Å². The van der Waals surface area contributed by atoms with Gasteiger partial charge in [-0.1, -0.05) is 31.2 Å². The zero-order valence-electron chi connectivity index (χ0n) is 15.7. The van der Waals surface area contributed by atoms with Crippen molar-refractivity contribution in [2.24, 2.45) is 0 Å². The maximum absolute atomic E-state index is 12.2. The first-order chi connectivity index (χ1) is 12.8. The summed E-state index contributed by atoms with van der Waals surface area (Å²) in [6.07, 6.45) is 0.854. The number of phenols is 2. The van der Waals surface area contributed by atoms with Gasteiger partial charge in [0.05, 0.1) is 0 Å². The number of amides is 2. The molecule has 2 aromatic carbocycles. The Bertz CT molecular complexity index is 724. The molecule has 0 fully saturated rings. The molecule has 0 aliphatic heterocycles. The van der Waals surface area contributed by atoms with Gasteiger partial charge in [0.2, 0.25) is 11.8 Å². The average Bonchev–Trinajstić information content (AvgIpc) is 2.64. The largest absolute Gasteiger partial charge is 0.508 e. The highest BCUT2D eigenvalue weighted by Gasteiger charge is 2.29. The topological polar surface area (TPSA) is 98.7 Å². The molecule has 2 rings (SSSR count). The zero-order chi connectivity index (χ0) is 19.9. The number of aromatic hydroxyl groups is 2. The summed E-state index contributed by atoms with van der Waals surface area (Å²) in [6, 6.07) is 13.9. The molecule has 0 heterocycles. The van der Waals surface area contributed by atoms with Crippen LogP contribution in [-0.2, 0) is 15.0 Å². The van der Waals surface area contributed by atoms with Gasteiger partial charge < -0.3 is 20.8 Å². The van der Waals surface area contributed by atoms with Crippen LogP contribution in [0.3, 0.4) is 0 Å². The van der Waals surface area contributed by atoms with Crippen molar-refractivity contribution in [1.29, 1.82) is 0 Å². The molecule has 144 valence electrons. The lowest BCUT2D eigenvalue weighted by molar-refractivity contribution is -0.122. The van der Waals surface area contributed by atoms with Gasteiger partial charge >= 0.3 is 0 Å². The van der Waals surface area contributed by atoms with Gasteiger partial charge in [-0.05, 0) is 41.8 Å². The van der Waals surface area contributed by atoms with Crippen LogP contribution in [0.2, 0.25) is 0 Å². The fraction of sp³-hybridized carbons (Fsp3) is 0.333. The minimum atomic E-state index is -0.462. The fourth-order valence-electron chi connectivity index (χ4n) is 3.01. The number of carbonyl (C=O) groups excluding carboxylic acids is 2. The van der Waals surface area contributed by atoms with E-state index in [1.807, 2.05) is 31.2 Å². The van der Waals surface area contributed by atoms with E-state index in [0.717, 1.165) is 11.1 Å². The Kier molecular flexibility index (Phi) is 6.82. The Balaban J connectivity index is 2.11. The van der Waals surface area contributed by atoms with Crippen molar-refractivity contribution in [3.8, 4) is 11.5 Å². The Morgan fingerprint density at radius 3 is 1.74 bits per heavy atom. The van der Waals surface area contributed by atoms with Gasteiger partial charge in [0.15, 0.2) is 0 Å². The van der Waals surface area contributed by atoms with E-state index in [4.69, 9.17) is 0 Å². The van der Waals surface area contributed by atoms with Crippen LogP contribution in [0.1, 0.15) is 37.8 Å². The third kappa shape index (κ3) is 5.74. The highest BCUT2D eigenvalue weighted by atomic mass is 16.3. The molecular weight excluding hydrogens is 344 g/mol. The second-order valence-electron chi connectivity index (χ2n) is 6.76. The molecule has 0 saturated carbocycles. The molecular formula is C21H26N2O4. The van der Waals surface area contributed by atoms with Crippen LogP contribution in [0, 0.1) is 0 Å². The monoisotopic (exact) mass is 370 g/mol. The van der Waals surface area contributed by atoms with Crippen LogP contribution in [0.25, 0.3) is 0 Å². The second kappa shape index (κ2) is 9.07. The van der Waals surface area contributed by atoms with E-state index in [2.05, 4.69) is 10.6 Å². The first-order valence-corrected chi connectivity index (χ1v) is 8.91. The maximum atomic E-state index is 12.2. The van der Waals surface area contributed by atoms with Gasteiger partial charge in [-0.3, -0.25) is 9.59 Å². The summed E-state index contributed by atoms with van der Waals surface area (Å²) >= 11 is 0. The highest BCUT2D eigenvalue weighted by Crippen LogP contribution is 2.37. The summed E-state index contributed by atoms with van der Waals surface area (Å²) in [5.41, 5.74) is 1.48. The smallest absolute Gasteiger partial charge is 0.220 e. The Morgan fingerprint density at radius 2 is 1.30 bits per heavy atom. The molecule has 0 radical (unpaired) electrons. The quantitative estimate of drug-likeness (QED) is 0.536. The van der Waals surface area contributed by atoms with E-state index in [1.165, 1.54) is 6.92 Å². The van der Waals surface area contributed by atoms with Gasteiger partial charge in [0, 0.05) is 31.8 Å². The van der Waals surface area contributed by atoms with Crippen LogP contribution >= 0.6 is 0 Å². The number of carbonyl (C=O) groups is 2. The molecule has 0 aliphatic carbocycles. The van der Waals surface area contributed by atoms with Crippen LogP contribution in [0.15, 0.2) is 48.5 Å². The predicted octanol–water partition coefficient (Wildman–Crippen LogP) is 2.44. The molecule has 0 unspecified atom stereocenters. The standard InChI is InChI=1S/C21H26N2O4/c1-15(24)22-13-14-23-20(27)11-12-21(2,16-3-7-18(25)8-4-16)17-5-9-19(26)10-6-17/h3-10,25-26H,11-14H2,1-2H3,(H,22,24)(H,23,27). The average molecular weight is 370 g/mol. The van der Waals surface area contributed by atoms with Gasteiger partial charge in [-0.25, -0.2) is 0 Å². The van der Waals surface area contributed by atoms with Crippen molar-refractivity contribution in [3.63, 3.8) is 0 Å². The number of hydrogen-bond donors (Lipinski definition) is 4. The molecule has 6 nitrogen and oxygen atoms in total. The molecule has 6 heteroatoms. The van der Waals surface area contributed by atoms with Crippen LogP contribution in [0.4, 0.5) is 0 Å². The van der Waals surface area contributed by atoms with E-state index < -0.39 is 5.41 Å². The predicted molar refractivity (Wildman–Crippen MR) is 104 cm³/mol. The molecule has 0 spiro atoms. The van der Waals surface area contributed by atoms with E-state index in [-0.39, 0.29) is 23.3 Å². The van der Waals surface area contributed by atoms with Gasteiger partial charge in [-0.2, -0.15) is 0 Å². The molecule has 0 aromatic heterocycles.